The molecule has 5 nitrogen and oxygen atoms in total. The van der Waals surface area contributed by atoms with Crippen LogP contribution in [0, 0.1) is 28.4 Å². The molecule has 1 N–H and O–H groups in total. The second-order valence-electron chi connectivity index (χ2n) is 4.69. The van der Waals surface area contributed by atoms with Gasteiger partial charge < -0.3 is 5.32 Å². The Balaban J connectivity index is 2.42. The van der Waals surface area contributed by atoms with Crippen LogP contribution in [-0.4, -0.2) is 4.92 Å². The molecule has 0 atom stereocenters. The molecule has 2 rings (SSSR count). The average molecular weight is 281 g/mol. The number of anilines is 2. The van der Waals surface area contributed by atoms with Crippen LogP contribution in [0.15, 0.2) is 36.4 Å². The van der Waals surface area contributed by atoms with Gasteiger partial charge in [0.2, 0.25) is 0 Å². The minimum absolute atomic E-state index is 0.0524. The van der Waals surface area contributed by atoms with Crippen LogP contribution in [0.1, 0.15) is 23.6 Å². The van der Waals surface area contributed by atoms with E-state index in [1.807, 2.05) is 31.2 Å². The number of aryl methyl sites for hydroxylation is 2. The Labute approximate surface area is 123 Å². The standard InChI is InChI=1S/C16H15N3O2/c1-3-12-6-4-5-11(2)16(12)18-14-7-8-15(19(20)21)13(9-14)10-17/h4-9,18H,3H2,1-2H3. The summed E-state index contributed by atoms with van der Waals surface area (Å²) < 4.78 is 0. The Hall–Kier alpha value is -2.87. The summed E-state index contributed by atoms with van der Waals surface area (Å²) in [7, 11) is 0. The monoisotopic (exact) mass is 281 g/mol. The molecule has 0 aliphatic rings. The van der Waals surface area contributed by atoms with E-state index in [0.29, 0.717) is 5.69 Å². The molecule has 21 heavy (non-hydrogen) atoms. The molecule has 0 aromatic heterocycles. The Kier molecular flexibility index (Phi) is 4.19. The van der Waals surface area contributed by atoms with E-state index in [-0.39, 0.29) is 11.3 Å². The predicted octanol–water partition coefficient (Wildman–Crippen LogP) is 4.08. The highest BCUT2D eigenvalue weighted by atomic mass is 16.6. The predicted molar refractivity (Wildman–Crippen MR) is 81.7 cm³/mol. The number of nitro groups is 1. The van der Waals surface area contributed by atoms with Crippen molar-refractivity contribution in [3.05, 3.63) is 63.2 Å². The summed E-state index contributed by atoms with van der Waals surface area (Å²) in [4.78, 5) is 10.3. The molecule has 5 heteroatoms. The quantitative estimate of drug-likeness (QED) is 0.676. The summed E-state index contributed by atoms with van der Waals surface area (Å²) in [5.74, 6) is 0. The number of nitrogens with zero attached hydrogens (tertiary/aromatic N) is 2. The van der Waals surface area contributed by atoms with Crippen LogP contribution in [0.2, 0.25) is 0 Å². The lowest BCUT2D eigenvalue weighted by molar-refractivity contribution is -0.385. The molecule has 0 saturated carbocycles. The summed E-state index contributed by atoms with van der Waals surface area (Å²) in [5.41, 5.74) is 3.78. The maximum Gasteiger partial charge on any atom is 0.287 e. The molecule has 0 amide bonds. The topological polar surface area (TPSA) is 79.0 Å². The van der Waals surface area contributed by atoms with Crippen molar-refractivity contribution in [2.45, 2.75) is 20.3 Å². The van der Waals surface area contributed by atoms with Crippen LogP contribution in [-0.2, 0) is 6.42 Å². The van der Waals surface area contributed by atoms with Gasteiger partial charge in [0.15, 0.2) is 0 Å². The lowest BCUT2D eigenvalue weighted by atomic mass is 10.1. The van der Waals surface area contributed by atoms with E-state index in [0.717, 1.165) is 23.2 Å². The molecule has 0 heterocycles. The van der Waals surface area contributed by atoms with Crippen LogP contribution < -0.4 is 5.32 Å². The molecular formula is C16H15N3O2. The van der Waals surface area contributed by atoms with Crippen molar-refractivity contribution in [1.82, 2.24) is 0 Å². The van der Waals surface area contributed by atoms with Gasteiger partial charge in [-0.3, -0.25) is 10.1 Å². The Morgan fingerprint density at radius 1 is 1.33 bits per heavy atom. The van der Waals surface area contributed by atoms with Crippen molar-refractivity contribution >= 4 is 17.1 Å². The third-order valence-corrected chi connectivity index (χ3v) is 3.32. The van der Waals surface area contributed by atoms with Gasteiger partial charge in [-0.2, -0.15) is 5.26 Å². The highest BCUT2D eigenvalue weighted by Crippen LogP contribution is 2.28. The molecule has 2 aromatic rings. The number of rotatable bonds is 4. The molecular weight excluding hydrogens is 266 g/mol. The number of hydrogen-bond donors (Lipinski definition) is 1. The summed E-state index contributed by atoms with van der Waals surface area (Å²) in [6.07, 6.45) is 0.877. The van der Waals surface area contributed by atoms with E-state index in [1.54, 1.807) is 6.07 Å². The molecule has 0 fully saturated rings. The van der Waals surface area contributed by atoms with E-state index in [1.165, 1.54) is 12.1 Å². The normalized spacial score (nSPS) is 9.95. The van der Waals surface area contributed by atoms with Gasteiger partial charge >= 0.3 is 0 Å². The first kappa shape index (κ1) is 14.5. The number of nitriles is 1. The van der Waals surface area contributed by atoms with Crippen LogP contribution >= 0.6 is 0 Å². The van der Waals surface area contributed by atoms with Crippen molar-refractivity contribution in [1.29, 1.82) is 5.26 Å². The third-order valence-electron chi connectivity index (χ3n) is 3.32. The van der Waals surface area contributed by atoms with Crippen LogP contribution in [0.4, 0.5) is 17.1 Å². The van der Waals surface area contributed by atoms with Gasteiger partial charge in [0.25, 0.3) is 5.69 Å². The van der Waals surface area contributed by atoms with Crippen molar-refractivity contribution in [3.63, 3.8) is 0 Å². The molecule has 106 valence electrons. The zero-order valence-corrected chi connectivity index (χ0v) is 11.9. The minimum Gasteiger partial charge on any atom is -0.355 e. The zero-order valence-electron chi connectivity index (χ0n) is 11.9. The average Bonchev–Trinajstić information content (AvgIpc) is 2.48. The summed E-state index contributed by atoms with van der Waals surface area (Å²) in [6.45, 7) is 4.06. The first-order valence-corrected chi connectivity index (χ1v) is 6.61. The number of para-hydroxylation sites is 1. The second-order valence-corrected chi connectivity index (χ2v) is 4.69. The molecule has 0 aliphatic carbocycles. The maximum atomic E-state index is 10.8. The molecule has 2 aromatic carbocycles. The van der Waals surface area contributed by atoms with E-state index >= 15 is 0 Å². The maximum absolute atomic E-state index is 10.8. The number of hydrogen-bond acceptors (Lipinski definition) is 4. The minimum atomic E-state index is -0.548. The van der Waals surface area contributed by atoms with E-state index < -0.39 is 4.92 Å². The lowest BCUT2D eigenvalue weighted by Gasteiger charge is -2.14. The molecule has 0 unspecified atom stereocenters. The summed E-state index contributed by atoms with van der Waals surface area (Å²) >= 11 is 0. The van der Waals surface area contributed by atoms with Crippen LogP contribution in [0.25, 0.3) is 0 Å². The van der Waals surface area contributed by atoms with Crippen molar-refractivity contribution in [2.24, 2.45) is 0 Å². The molecule has 0 bridgehead atoms. The van der Waals surface area contributed by atoms with E-state index in [4.69, 9.17) is 5.26 Å². The van der Waals surface area contributed by atoms with Gasteiger partial charge in [0.05, 0.1) is 4.92 Å². The van der Waals surface area contributed by atoms with E-state index in [2.05, 4.69) is 12.2 Å². The third kappa shape index (κ3) is 3.00. The molecule has 0 spiro atoms. The first-order valence-electron chi connectivity index (χ1n) is 6.61. The van der Waals surface area contributed by atoms with Gasteiger partial charge in [-0.15, -0.1) is 0 Å². The smallest absolute Gasteiger partial charge is 0.287 e. The number of benzene rings is 2. The highest BCUT2D eigenvalue weighted by Gasteiger charge is 2.14. The summed E-state index contributed by atoms with van der Waals surface area (Å²) in [6, 6.07) is 12.4. The first-order chi connectivity index (χ1) is 10.1. The van der Waals surface area contributed by atoms with Gasteiger partial charge in [-0.1, -0.05) is 25.1 Å². The van der Waals surface area contributed by atoms with Gasteiger partial charge in [-0.05, 0) is 36.6 Å². The van der Waals surface area contributed by atoms with E-state index in [9.17, 15) is 10.1 Å². The number of nitrogens with one attached hydrogen (secondary N) is 1. The fourth-order valence-corrected chi connectivity index (χ4v) is 2.21. The summed E-state index contributed by atoms with van der Waals surface area (Å²) in [5, 5.41) is 23.1. The Morgan fingerprint density at radius 3 is 2.71 bits per heavy atom. The Morgan fingerprint density at radius 2 is 2.10 bits per heavy atom. The van der Waals surface area contributed by atoms with Gasteiger partial charge in [0.1, 0.15) is 11.6 Å². The van der Waals surface area contributed by atoms with Crippen LogP contribution in [0.5, 0.6) is 0 Å². The second kappa shape index (κ2) is 6.06. The fraction of sp³-hybridized carbons (Fsp3) is 0.188. The van der Waals surface area contributed by atoms with Crippen LogP contribution in [0.3, 0.4) is 0 Å². The number of nitro benzene ring substituents is 1. The lowest BCUT2D eigenvalue weighted by Crippen LogP contribution is -1.99. The van der Waals surface area contributed by atoms with Crippen molar-refractivity contribution < 1.29 is 4.92 Å². The molecule has 0 saturated heterocycles. The largest absolute Gasteiger partial charge is 0.355 e. The van der Waals surface area contributed by atoms with Gasteiger partial charge in [-0.25, -0.2) is 0 Å². The SMILES string of the molecule is CCc1cccc(C)c1Nc1ccc([N+](=O)[O-])c(C#N)c1. The van der Waals surface area contributed by atoms with Gasteiger partial charge in [0, 0.05) is 17.4 Å². The highest BCUT2D eigenvalue weighted by molar-refractivity contribution is 5.69. The zero-order chi connectivity index (χ0) is 15.4. The van der Waals surface area contributed by atoms with Crippen molar-refractivity contribution in [3.8, 4) is 6.07 Å². The molecule has 0 aliphatic heterocycles. The fourth-order valence-electron chi connectivity index (χ4n) is 2.21. The van der Waals surface area contributed by atoms with Crippen molar-refractivity contribution in [2.75, 3.05) is 5.32 Å². The molecule has 0 radical (unpaired) electrons. The Bertz CT molecular complexity index is 733.